The third-order valence-electron chi connectivity index (χ3n) is 2.92. The van der Waals surface area contributed by atoms with Gasteiger partial charge in [0.15, 0.2) is 0 Å². The maximum atomic E-state index is 13.7. The summed E-state index contributed by atoms with van der Waals surface area (Å²) in [7, 11) is 0. The molecule has 0 heterocycles. The minimum Gasteiger partial charge on any atom is -0.493 e. The fourth-order valence-electron chi connectivity index (χ4n) is 1.80. The van der Waals surface area contributed by atoms with Crippen molar-refractivity contribution in [1.82, 2.24) is 0 Å². The van der Waals surface area contributed by atoms with Crippen molar-refractivity contribution in [3.05, 3.63) is 29.6 Å². The Labute approximate surface area is 121 Å². The van der Waals surface area contributed by atoms with Crippen LogP contribution in [0.2, 0.25) is 0 Å². The first-order valence-corrected chi connectivity index (χ1v) is 7.30. The molecule has 2 nitrogen and oxygen atoms in total. The van der Waals surface area contributed by atoms with Crippen LogP contribution in [-0.2, 0) is 0 Å². The SMILES string of the molecule is CCCCCCCOc1ccc(C#CCCO)c(F)c1. The molecule has 110 valence electrons. The van der Waals surface area contributed by atoms with E-state index >= 15 is 0 Å². The molecule has 1 aromatic carbocycles. The lowest BCUT2D eigenvalue weighted by atomic mass is 10.2. The number of ether oxygens (including phenoxy) is 1. The van der Waals surface area contributed by atoms with Crippen molar-refractivity contribution in [2.75, 3.05) is 13.2 Å². The van der Waals surface area contributed by atoms with Gasteiger partial charge in [-0.1, -0.05) is 44.4 Å². The Morgan fingerprint density at radius 2 is 2.00 bits per heavy atom. The average molecular weight is 278 g/mol. The molecule has 1 aromatic rings. The van der Waals surface area contributed by atoms with Crippen LogP contribution in [0, 0.1) is 17.7 Å². The fraction of sp³-hybridized carbons (Fsp3) is 0.529. The van der Waals surface area contributed by atoms with Crippen molar-refractivity contribution in [3.8, 4) is 17.6 Å². The molecule has 0 aliphatic heterocycles. The van der Waals surface area contributed by atoms with Gasteiger partial charge < -0.3 is 9.84 Å². The summed E-state index contributed by atoms with van der Waals surface area (Å²) >= 11 is 0. The summed E-state index contributed by atoms with van der Waals surface area (Å²) < 4.78 is 19.2. The van der Waals surface area contributed by atoms with E-state index in [2.05, 4.69) is 18.8 Å². The van der Waals surface area contributed by atoms with E-state index in [9.17, 15) is 4.39 Å². The first-order valence-electron chi connectivity index (χ1n) is 7.30. The number of halogens is 1. The van der Waals surface area contributed by atoms with E-state index < -0.39 is 0 Å². The number of hydrogen-bond acceptors (Lipinski definition) is 2. The second kappa shape index (κ2) is 10.3. The topological polar surface area (TPSA) is 29.5 Å². The molecule has 0 spiro atoms. The predicted molar refractivity (Wildman–Crippen MR) is 79.2 cm³/mol. The first-order chi connectivity index (χ1) is 9.77. The quantitative estimate of drug-likeness (QED) is 0.577. The van der Waals surface area contributed by atoms with Gasteiger partial charge in [0.25, 0.3) is 0 Å². The van der Waals surface area contributed by atoms with Crippen molar-refractivity contribution in [2.45, 2.75) is 45.4 Å². The molecular formula is C17H23FO2. The van der Waals surface area contributed by atoms with Crippen molar-refractivity contribution < 1.29 is 14.2 Å². The number of rotatable bonds is 8. The molecule has 0 amide bonds. The Bertz CT molecular complexity index is 446. The molecule has 0 radical (unpaired) electrons. The van der Waals surface area contributed by atoms with Gasteiger partial charge in [0, 0.05) is 12.5 Å². The molecule has 0 bridgehead atoms. The largest absolute Gasteiger partial charge is 0.493 e. The molecular weight excluding hydrogens is 255 g/mol. The van der Waals surface area contributed by atoms with Crippen LogP contribution in [-0.4, -0.2) is 18.3 Å². The van der Waals surface area contributed by atoms with Crippen LogP contribution in [0.5, 0.6) is 5.75 Å². The molecule has 3 heteroatoms. The van der Waals surface area contributed by atoms with Crippen LogP contribution in [0.25, 0.3) is 0 Å². The zero-order valence-electron chi connectivity index (χ0n) is 12.1. The van der Waals surface area contributed by atoms with Crippen molar-refractivity contribution in [1.29, 1.82) is 0 Å². The lowest BCUT2D eigenvalue weighted by Gasteiger charge is -2.06. The summed E-state index contributed by atoms with van der Waals surface area (Å²) in [5, 5.41) is 8.62. The van der Waals surface area contributed by atoms with Gasteiger partial charge >= 0.3 is 0 Å². The third-order valence-corrected chi connectivity index (χ3v) is 2.92. The summed E-state index contributed by atoms with van der Waals surface area (Å²) in [6.45, 7) is 2.80. The second-order valence-electron chi connectivity index (χ2n) is 4.68. The van der Waals surface area contributed by atoms with E-state index in [-0.39, 0.29) is 12.4 Å². The van der Waals surface area contributed by atoms with Crippen LogP contribution >= 0.6 is 0 Å². The van der Waals surface area contributed by atoms with Gasteiger partial charge in [-0.05, 0) is 18.6 Å². The first kappa shape index (κ1) is 16.5. The van der Waals surface area contributed by atoms with Gasteiger partial charge in [-0.15, -0.1) is 0 Å². The van der Waals surface area contributed by atoms with E-state index in [0.717, 1.165) is 12.8 Å². The van der Waals surface area contributed by atoms with Crippen molar-refractivity contribution in [2.24, 2.45) is 0 Å². The lowest BCUT2D eigenvalue weighted by molar-refractivity contribution is 0.303. The van der Waals surface area contributed by atoms with Gasteiger partial charge in [0.1, 0.15) is 11.6 Å². The zero-order valence-corrected chi connectivity index (χ0v) is 12.1. The van der Waals surface area contributed by atoms with E-state index in [1.165, 1.54) is 25.3 Å². The summed E-state index contributed by atoms with van der Waals surface area (Å²) in [6, 6.07) is 4.72. The Kier molecular flexibility index (Phi) is 8.49. The van der Waals surface area contributed by atoms with E-state index in [4.69, 9.17) is 9.84 Å². The van der Waals surface area contributed by atoms with Crippen LogP contribution in [0.4, 0.5) is 4.39 Å². The van der Waals surface area contributed by atoms with Crippen LogP contribution in [0.15, 0.2) is 18.2 Å². The van der Waals surface area contributed by atoms with E-state index in [1.54, 1.807) is 12.1 Å². The Balaban J connectivity index is 2.38. The molecule has 1 N–H and O–H groups in total. The zero-order chi connectivity index (χ0) is 14.6. The average Bonchev–Trinajstić information content (AvgIpc) is 2.45. The molecule has 20 heavy (non-hydrogen) atoms. The fourth-order valence-corrected chi connectivity index (χ4v) is 1.80. The van der Waals surface area contributed by atoms with Crippen molar-refractivity contribution >= 4 is 0 Å². The number of benzene rings is 1. The molecule has 0 fully saturated rings. The summed E-state index contributed by atoms with van der Waals surface area (Å²) in [5.41, 5.74) is 0.341. The van der Waals surface area contributed by atoms with E-state index in [0.29, 0.717) is 24.3 Å². The van der Waals surface area contributed by atoms with E-state index in [1.807, 2.05) is 0 Å². The molecule has 0 atom stereocenters. The predicted octanol–water partition coefficient (Wildman–Crippen LogP) is 3.91. The van der Waals surface area contributed by atoms with Crippen molar-refractivity contribution in [3.63, 3.8) is 0 Å². The van der Waals surface area contributed by atoms with Gasteiger partial charge in [-0.3, -0.25) is 0 Å². The number of hydrogen-bond donors (Lipinski definition) is 1. The monoisotopic (exact) mass is 278 g/mol. The Morgan fingerprint density at radius 1 is 1.20 bits per heavy atom. The van der Waals surface area contributed by atoms with Crippen LogP contribution < -0.4 is 4.74 Å². The molecule has 0 saturated carbocycles. The molecule has 1 rings (SSSR count). The molecule has 0 aliphatic rings. The van der Waals surface area contributed by atoms with Gasteiger partial charge in [-0.25, -0.2) is 4.39 Å². The maximum absolute atomic E-state index is 13.7. The molecule has 0 saturated heterocycles. The minimum absolute atomic E-state index is 0.00611. The highest BCUT2D eigenvalue weighted by atomic mass is 19.1. The van der Waals surface area contributed by atoms with Crippen LogP contribution in [0.3, 0.4) is 0 Å². The second-order valence-corrected chi connectivity index (χ2v) is 4.68. The highest BCUT2D eigenvalue weighted by Crippen LogP contribution is 2.16. The van der Waals surface area contributed by atoms with Gasteiger partial charge in [-0.2, -0.15) is 0 Å². The Hall–Kier alpha value is -1.53. The third kappa shape index (κ3) is 6.58. The standard InChI is InChI=1S/C17H23FO2/c1-2-3-4-5-8-13-20-16-11-10-15(17(18)14-16)9-6-7-12-19/h10-11,14,19H,2-5,7-8,12-13H2,1H3. The summed E-state index contributed by atoms with van der Waals surface area (Å²) in [4.78, 5) is 0. The molecule has 0 unspecified atom stereocenters. The Morgan fingerprint density at radius 3 is 2.70 bits per heavy atom. The highest BCUT2D eigenvalue weighted by Gasteiger charge is 2.02. The normalized spacial score (nSPS) is 9.95. The maximum Gasteiger partial charge on any atom is 0.142 e. The number of aliphatic hydroxyl groups excluding tert-OH is 1. The van der Waals surface area contributed by atoms with Gasteiger partial charge in [0.2, 0.25) is 0 Å². The molecule has 0 aliphatic carbocycles. The minimum atomic E-state index is -0.376. The number of aliphatic hydroxyl groups is 1. The highest BCUT2D eigenvalue weighted by molar-refractivity contribution is 5.39. The smallest absolute Gasteiger partial charge is 0.142 e. The molecule has 0 aromatic heterocycles. The van der Waals surface area contributed by atoms with Crippen LogP contribution in [0.1, 0.15) is 51.0 Å². The lowest BCUT2D eigenvalue weighted by Crippen LogP contribution is -1.98. The summed E-state index contributed by atoms with van der Waals surface area (Å²) in [5.74, 6) is 5.56. The van der Waals surface area contributed by atoms with Gasteiger partial charge in [0.05, 0.1) is 18.8 Å². The summed E-state index contributed by atoms with van der Waals surface area (Å²) in [6.07, 6.45) is 6.23. The number of unbranched alkanes of at least 4 members (excludes halogenated alkanes) is 4.